The van der Waals surface area contributed by atoms with Gasteiger partial charge in [-0.3, -0.25) is 14.2 Å². The third-order valence-electron chi connectivity index (χ3n) is 6.53. The molecule has 0 spiro atoms. The van der Waals surface area contributed by atoms with Crippen LogP contribution in [0, 0.1) is 12.8 Å². The Kier molecular flexibility index (Phi) is 6.37. The summed E-state index contributed by atoms with van der Waals surface area (Å²) in [6.45, 7) is 6.07. The Morgan fingerprint density at radius 1 is 1.26 bits per heavy atom. The Morgan fingerprint density at radius 3 is 2.71 bits per heavy atom. The molecule has 0 aromatic carbocycles. The first-order valence-electron chi connectivity index (χ1n) is 11.9. The van der Waals surface area contributed by atoms with Crippen molar-refractivity contribution in [2.24, 2.45) is 5.92 Å². The lowest BCUT2D eigenvalue weighted by Crippen LogP contribution is -2.51. The molecular formula is C24H27N5O5S. The molecule has 0 amide bonds. The predicted octanol–water partition coefficient (Wildman–Crippen LogP) is 2.94. The van der Waals surface area contributed by atoms with E-state index in [1.807, 2.05) is 11.8 Å². The second-order valence-corrected chi connectivity index (χ2v) is 9.85. The number of carbonyl (C=O) groups is 2. The summed E-state index contributed by atoms with van der Waals surface area (Å²) in [5.41, 5.74) is 0.0726. The molecule has 1 aliphatic carbocycles. The summed E-state index contributed by atoms with van der Waals surface area (Å²) in [6, 6.07) is 1.78. The predicted molar refractivity (Wildman–Crippen MR) is 131 cm³/mol. The lowest BCUT2D eigenvalue weighted by molar-refractivity contribution is -0.123. The minimum atomic E-state index is -1.30. The van der Waals surface area contributed by atoms with Gasteiger partial charge in [-0.2, -0.15) is 4.37 Å². The summed E-state index contributed by atoms with van der Waals surface area (Å²) in [5, 5.41) is 10.4. The number of aryl methyl sites for hydroxylation is 1. The van der Waals surface area contributed by atoms with Crippen LogP contribution in [0.5, 0.6) is 0 Å². The number of hydrogen-bond acceptors (Lipinski definition) is 9. The average molecular weight is 498 g/mol. The van der Waals surface area contributed by atoms with Gasteiger partial charge in [0, 0.05) is 56.4 Å². The average Bonchev–Trinajstić information content (AvgIpc) is 3.52. The van der Waals surface area contributed by atoms with Gasteiger partial charge in [0.15, 0.2) is 5.65 Å². The van der Waals surface area contributed by atoms with Crippen LogP contribution >= 0.6 is 11.5 Å². The summed E-state index contributed by atoms with van der Waals surface area (Å²) in [6.07, 6.45) is 4.61. The second-order valence-electron chi connectivity index (χ2n) is 9.12. The van der Waals surface area contributed by atoms with E-state index in [4.69, 9.17) is 9.72 Å². The van der Waals surface area contributed by atoms with Crippen molar-refractivity contribution in [3.8, 4) is 5.13 Å². The fraction of sp³-hybridized carbons (Fsp3) is 0.500. The normalized spacial score (nSPS) is 16.0. The van der Waals surface area contributed by atoms with Crippen LogP contribution in [0.15, 0.2) is 17.1 Å². The van der Waals surface area contributed by atoms with Crippen LogP contribution < -0.4 is 10.3 Å². The Hall–Kier alpha value is -3.18. The molecule has 1 saturated heterocycles. The van der Waals surface area contributed by atoms with Gasteiger partial charge in [-0.05, 0) is 44.7 Å². The smallest absolute Gasteiger partial charge is 0.341 e. The number of Topliss-reactive ketones (excluding diaryl/α,β-unsaturated/α-hetero) is 1. The third-order valence-corrected chi connectivity index (χ3v) is 7.26. The van der Waals surface area contributed by atoms with Gasteiger partial charge in [-0.15, -0.1) is 0 Å². The minimum absolute atomic E-state index is 0.0460. The number of carbonyl (C=O) groups excluding carboxylic acids is 1. The van der Waals surface area contributed by atoms with E-state index in [2.05, 4.69) is 9.36 Å². The SMILES string of the molecule is CCOCCCC(=O)C1CN(c2cc(C)c3c(=O)c(C(=O)O)cn(-c4nc(C5CC5)ns4)c3n2)C1. The molecule has 2 fully saturated rings. The molecule has 0 bridgehead atoms. The summed E-state index contributed by atoms with van der Waals surface area (Å²) in [4.78, 5) is 48.7. The van der Waals surface area contributed by atoms with Gasteiger partial charge in [0.05, 0.1) is 11.3 Å². The summed E-state index contributed by atoms with van der Waals surface area (Å²) >= 11 is 1.17. The molecule has 0 radical (unpaired) electrons. The maximum absolute atomic E-state index is 13.0. The Bertz CT molecular complexity index is 1360. The number of aromatic nitrogens is 4. The molecule has 0 unspecified atom stereocenters. The van der Waals surface area contributed by atoms with Crippen molar-refractivity contribution < 1.29 is 19.4 Å². The maximum Gasteiger partial charge on any atom is 0.341 e. The van der Waals surface area contributed by atoms with Gasteiger partial charge in [0.2, 0.25) is 10.6 Å². The van der Waals surface area contributed by atoms with Crippen molar-refractivity contribution in [1.82, 2.24) is 18.9 Å². The lowest BCUT2D eigenvalue weighted by Gasteiger charge is -2.39. The second kappa shape index (κ2) is 9.46. The molecule has 4 heterocycles. The van der Waals surface area contributed by atoms with E-state index in [0.717, 1.165) is 25.1 Å². The largest absolute Gasteiger partial charge is 0.477 e. The zero-order valence-electron chi connectivity index (χ0n) is 19.7. The van der Waals surface area contributed by atoms with Crippen molar-refractivity contribution in [3.63, 3.8) is 0 Å². The van der Waals surface area contributed by atoms with Crippen molar-refractivity contribution in [1.29, 1.82) is 0 Å². The lowest BCUT2D eigenvalue weighted by atomic mass is 9.92. The third kappa shape index (κ3) is 4.57. The van der Waals surface area contributed by atoms with Crippen molar-refractivity contribution in [3.05, 3.63) is 39.4 Å². The highest BCUT2D eigenvalue weighted by Gasteiger charge is 2.34. The van der Waals surface area contributed by atoms with Crippen molar-refractivity contribution >= 4 is 40.1 Å². The Labute approximate surface area is 205 Å². The fourth-order valence-corrected chi connectivity index (χ4v) is 5.06. The van der Waals surface area contributed by atoms with Crippen LogP contribution in [0.25, 0.3) is 16.2 Å². The highest BCUT2D eigenvalue weighted by molar-refractivity contribution is 7.08. The van der Waals surface area contributed by atoms with Crippen LogP contribution in [0.3, 0.4) is 0 Å². The number of aromatic carboxylic acids is 1. The monoisotopic (exact) mass is 497 g/mol. The maximum atomic E-state index is 13.0. The number of fused-ring (bicyclic) bond motifs is 1. The van der Waals surface area contributed by atoms with Crippen LogP contribution in [-0.2, 0) is 9.53 Å². The van der Waals surface area contributed by atoms with Gasteiger partial charge < -0.3 is 14.7 Å². The number of pyridine rings is 2. The fourth-order valence-electron chi connectivity index (χ4n) is 4.34. The minimum Gasteiger partial charge on any atom is -0.477 e. The Morgan fingerprint density at radius 2 is 2.03 bits per heavy atom. The van der Waals surface area contributed by atoms with Gasteiger partial charge in [0.1, 0.15) is 23.0 Å². The first-order chi connectivity index (χ1) is 16.9. The molecule has 11 heteroatoms. The van der Waals surface area contributed by atoms with Crippen LogP contribution in [0.2, 0.25) is 0 Å². The molecule has 35 heavy (non-hydrogen) atoms. The topological polar surface area (TPSA) is 128 Å². The molecular weight excluding hydrogens is 470 g/mol. The van der Waals surface area contributed by atoms with Crippen molar-refractivity contribution in [2.45, 2.75) is 45.4 Å². The van der Waals surface area contributed by atoms with E-state index in [-0.39, 0.29) is 22.7 Å². The molecule has 1 aliphatic heterocycles. The van der Waals surface area contributed by atoms with E-state index < -0.39 is 11.4 Å². The molecule has 1 saturated carbocycles. The molecule has 5 rings (SSSR count). The number of nitrogens with zero attached hydrogens (tertiary/aromatic N) is 5. The molecule has 3 aromatic heterocycles. The number of ketones is 1. The first-order valence-corrected chi connectivity index (χ1v) is 12.6. The van der Waals surface area contributed by atoms with E-state index in [9.17, 15) is 19.5 Å². The van der Waals surface area contributed by atoms with Crippen molar-refractivity contribution in [2.75, 3.05) is 31.2 Å². The zero-order valence-corrected chi connectivity index (χ0v) is 20.5. The number of carboxylic acid groups (broad SMARTS) is 1. The van der Waals surface area contributed by atoms with E-state index in [1.165, 1.54) is 17.7 Å². The van der Waals surface area contributed by atoms with E-state index >= 15 is 0 Å². The molecule has 1 N–H and O–H groups in total. The van der Waals surface area contributed by atoms with Crippen LogP contribution in [0.4, 0.5) is 5.82 Å². The van der Waals surface area contributed by atoms with Gasteiger partial charge in [-0.25, -0.2) is 14.8 Å². The summed E-state index contributed by atoms with van der Waals surface area (Å²) in [5.74, 6) is 0.623. The van der Waals surface area contributed by atoms with Gasteiger partial charge in [0.25, 0.3) is 0 Å². The molecule has 3 aromatic rings. The molecule has 0 atom stereocenters. The number of ether oxygens (including phenoxy) is 1. The van der Waals surface area contributed by atoms with Crippen LogP contribution in [-0.4, -0.2) is 62.1 Å². The quantitative estimate of drug-likeness (QED) is 0.421. The highest BCUT2D eigenvalue weighted by Crippen LogP contribution is 2.39. The standard InChI is InChI=1S/C24H27N5O5S/c1-3-34-8-4-5-17(30)15-10-28(11-15)18-9-13(2)19-20(31)16(23(32)33)12-29(22(19)25-18)24-26-21(27-35-24)14-6-7-14/h9,12,14-15H,3-8,10-11H2,1-2H3,(H,32,33). The van der Waals surface area contributed by atoms with Crippen LogP contribution in [0.1, 0.15) is 60.3 Å². The summed E-state index contributed by atoms with van der Waals surface area (Å²) in [7, 11) is 0. The van der Waals surface area contributed by atoms with E-state index in [0.29, 0.717) is 60.8 Å². The summed E-state index contributed by atoms with van der Waals surface area (Å²) < 4.78 is 11.3. The van der Waals surface area contributed by atoms with E-state index in [1.54, 1.807) is 17.6 Å². The first kappa shape index (κ1) is 23.6. The molecule has 184 valence electrons. The highest BCUT2D eigenvalue weighted by atomic mass is 32.1. The number of carboxylic acids is 1. The molecule has 10 nitrogen and oxygen atoms in total. The number of anilines is 1. The Balaban J connectivity index is 1.46. The zero-order chi connectivity index (χ0) is 24.7. The van der Waals surface area contributed by atoms with Gasteiger partial charge >= 0.3 is 5.97 Å². The molecule has 2 aliphatic rings. The van der Waals surface area contributed by atoms with Gasteiger partial charge in [-0.1, -0.05) is 0 Å². The number of hydrogen-bond donors (Lipinski definition) is 1. The number of rotatable bonds is 10.